The highest BCUT2D eigenvalue weighted by atomic mass is 16.3. The number of aliphatic hydroxyl groups excluding tert-OH is 1. The molecule has 0 aromatic heterocycles. The zero-order valence-corrected chi connectivity index (χ0v) is 63.3. The maximum absolute atomic E-state index is 15.6. The molecule has 13 amide bonds. The minimum atomic E-state index is -1.76. The Hall–Kier alpha value is -9.27. The summed E-state index contributed by atoms with van der Waals surface area (Å²) in [7, 11) is 11.6. The Balaban J connectivity index is 1.54. The molecule has 2 fully saturated rings. The quantitative estimate of drug-likeness (QED) is 0.138. The molecule has 2 aliphatic rings. The van der Waals surface area contributed by atoms with Crippen LogP contribution < -0.4 is 21.3 Å². The second-order valence-corrected chi connectivity index (χ2v) is 28.7. The maximum atomic E-state index is 15.6. The third kappa shape index (κ3) is 24.7. The highest BCUT2D eigenvalue weighted by molar-refractivity contribution is 5.98. The lowest BCUT2D eigenvalue weighted by molar-refractivity contribution is -0.150. The van der Waals surface area contributed by atoms with Crippen LogP contribution in [0.1, 0.15) is 123 Å². The lowest BCUT2D eigenvalue weighted by Gasteiger charge is -2.37. The third-order valence-corrected chi connectivity index (χ3v) is 19.9. The summed E-state index contributed by atoms with van der Waals surface area (Å²) in [5, 5.41) is 22.3. The van der Waals surface area contributed by atoms with E-state index in [4.69, 9.17) is 0 Å². The number of nitrogens with one attached hydrogen (secondary N) is 4. The van der Waals surface area contributed by atoms with Crippen LogP contribution in [0.4, 0.5) is 0 Å². The van der Waals surface area contributed by atoms with Gasteiger partial charge in [0.05, 0.1) is 30.4 Å². The van der Waals surface area contributed by atoms with E-state index in [1.165, 1.54) is 111 Å². The number of rotatable bonds is 16. The zero-order chi connectivity index (χ0) is 76.7. The number of amides is 13. The Morgan fingerprint density at radius 3 is 1.66 bits per heavy atom. The van der Waals surface area contributed by atoms with Gasteiger partial charge in [0.2, 0.25) is 76.8 Å². The van der Waals surface area contributed by atoms with Crippen LogP contribution in [0.15, 0.2) is 91.0 Å². The van der Waals surface area contributed by atoms with Gasteiger partial charge in [0, 0.05) is 127 Å². The Morgan fingerprint density at radius 1 is 0.563 bits per heavy atom. The zero-order valence-electron chi connectivity index (χ0n) is 63.3. The molecule has 3 aromatic rings. The summed E-state index contributed by atoms with van der Waals surface area (Å²) in [6, 6.07) is 16.0. The van der Waals surface area contributed by atoms with E-state index in [1.807, 2.05) is 44.2 Å². The largest absolute Gasteiger partial charge is 0.391 e. The van der Waals surface area contributed by atoms with E-state index in [0.717, 1.165) is 29.7 Å². The summed E-state index contributed by atoms with van der Waals surface area (Å²) >= 11 is 0. The lowest BCUT2D eigenvalue weighted by Crippen LogP contribution is -2.60. The molecule has 103 heavy (non-hydrogen) atoms. The van der Waals surface area contributed by atoms with Crippen LogP contribution >= 0.6 is 0 Å². The minimum absolute atomic E-state index is 0.00480. The number of likely N-dealkylation sites (tertiary alicyclic amines) is 1. The third-order valence-electron chi connectivity index (χ3n) is 19.9. The first-order valence-corrected chi connectivity index (χ1v) is 35.9. The fraction of sp³-hybridized carbons (Fsp3) is 0.592. The normalized spacial score (nSPS) is 23.6. The van der Waals surface area contributed by atoms with Crippen molar-refractivity contribution in [3.05, 3.63) is 108 Å². The number of carbonyl (C=O) groups is 13. The second-order valence-electron chi connectivity index (χ2n) is 28.7. The molecule has 0 unspecified atom stereocenters. The molecule has 0 aliphatic carbocycles. The Bertz CT molecular complexity index is 3390. The van der Waals surface area contributed by atoms with Gasteiger partial charge in [0.1, 0.15) is 42.3 Å². The molecule has 3 aromatic carbocycles. The fourth-order valence-electron chi connectivity index (χ4n) is 12.9. The predicted octanol–water partition coefficient (Wildman–Crippen LogP) is 2.51. The molecule has 2 heterocycles. The summed E-state index contributed by atoms with van der Waals surface area (Å²) in [6.07, 6.45) is -0.461. The molecule has 27 heteroatoms. The van der Waals surface area contributed by atoms with Crippen molar-refractivity contribution in [3.8, 4) is 0 Å². The number of benzene rings is 3. The van der Waals surface area contributed by atoms with Gasteiger partial charge < -0.3 is 70.5 Å². The van der Waals surface area contributed by atoms with E-state index in [9.17, 15) is 57.8 Å². The highest BCUT2D eigenvalue weighted by Gasteiger charge is 2.41. The molecule has 5 rings (SSSR count). The standard InChI is InChI=1S/C76H113N13O14/c1-48(2)39-61-70(97)80-59(54(8)90)44-64(91)79-60(75(102)88(16)63(43-57-33-25-19-26-34-57)76(103)87(15)62(42-56-31-23-18-24-32-56)69(96)78-52(6)73(100)89-36-27-20-28-37-89)45-66(93)82(10)46-49(3)71(98)81(9)38-35-65(92)83(11)47-58(41-55-29-21-17-22-30-55)74(101)85(13)53(7)68(95)77-51(5)72(99)84(12)50(4)40-67(94)86(61)14/h17-19,21-26,29-34,48-54,58-63,90H,20,27-28,35-47H2,1-16H3,(H,77,95)(H,78,96)(H,79,91)(H,80,97)/t49-,50+,51+,52+,53+,54-,58-,59-,60+,61+,62+,63+/m1/s1. The number of carbonyl (C=O) groups excluding carboxylic acids is 13. The van der Waals surface area contributed by atoms with Gasteiger partial charge >= 0.3 is 0 Å². The summed E-state index contributed by atoms with van der Waals surface area (Å²) in [4.78, 5) is 200. The summed E-state index contributed by atoms with van der Waals surface area (Å²) in [6.45, 7) is 13.5. The molecule has 5 N–H and O–H groups in total. The molecule has 2 aliphatic heterocycles. The minimum Gasteiger partial charge on any atom is -0.391 e. The van der Waals surface area contributed by atoms with Crippen LogP contribution in [0.25, 0.3) is 0 Å². The van der Waals surface area contributed by atoms with Crippen molar-refractivity contribution < 1.29 is 67.4 Å². The average Bonchev–Trinajstić information content (AvgIpc) is 0.809. The van der Waals surface area contributed by atoms with Gasteiger partial charge in [-0.05, 0) is 89.3 Å². The number of piperidine rings is 1. The number of nitrogens with zero attached hydrogens (tertiary/aromatic N) is 9. The molecule has 0 radical (unpaired) electrons. The predicted molar refractivity (Wildman–Crippen MR) is 389 cm³/mol. The van der Waals surface area contributed by atoms with Gasteiger partial charge in [-0.2, -0.15) is 0 Å². The van der Waals surface area contributed by atoms with Crippen LogP contribution in [0.5, 0.6) is 0 Å². The van der Waals surface area contributed by atoms with Crippen LogP contribution in [-0.4, -0.2) is 276 Å². The molecular weight excluding hydrogens is 1320 g/mol. The molecule has 27 nitrogen and oxygen atoms in total. The molecule has 0 saturated carbocycles. The second kappa shape index (κ2) is 40.0. The van der Waals surface area contributed by atoms with Crippen molar-refractivity contribution in [2.45, 2.75) is 186 Å². The number of hydrogen-bond acceptors (Lipinski definition) is 14. The SMILES string of the molecule is CC(C)C[C@H]1C(=O)N[C@@H]([C@@H](C)O)CC(=O)N[C@H](C(=O)N(C)[C@@H](Cc2ccccc2)C(=O)N(C)[C@@H](Cc2ccccc2)C(=O)N[C@@H](C)C(=O)N2CCCCC2)CC(=O)N(C)C[C@@H](C)C(=O)N(C)CCC(=O)N(C)C[C@@H](Cc2ccccc2)C(=O)N(C)[C@@H](C)C(=O)N[C@@H](C)C(=O)N(C)[C@@H](C)CC(=O)N1C. The van der Waals surface area contributed by atoms with Crippen molar-refractivity contribution in [2.75, 3.05) is 89.1 Å². The summed E-state index contributed by atoms with van der Waals surface area (Å²) in [5.74, 6) is -9.91. The van der Waals surface area contributed by atoms with E-state index in [0.29, 0.717) is 24.2 Å². The highest BCUT2D eigenvalue weighted by Crippen LogP contribution is 2.22. The van der Waals surface area contributed by atoms with Gasteiger partial charge in [-0.3, -0.25) is 62.3 Å². The first kappa shape index (κ1) is 84.4. The van der Waals surface area contributed by atoms with Crippen molar-refractivity contribution in [1.29, 1.82) is 0 Å². The lowest BCUT2D eigenvalue weighted by atomic mass is 9.96. The van der Waals surface area contributed by atoms with E-state index < -0.39 is 156 Å². The van der Waals surface area contributed by atoms with Gasteiger partial charge in [0.25, 0.3) is 0 Å². The molecule has 12 atom stereocenters. The summed E-state index contributed by atoms with van der Waals surface area (Å²) in [5.41, 5.74) is 2.08. The molecular formula is C76H113N13O14. The van der Waals surface area contributed by atoms with E-state index in [1.54, 1.807) is 86.3 Å². The average molecular weight is 1430 g/mol. The Kier molecular flexibility index (Phi) is 32.7. The van der Waals surface area contributed by atoms with Crippen LogP contribution in [0.2, 0.25) is 0 Å². The van der Waals surface area contributed by atoms with Crippen LogP contribution in [0.3, 0.4) is 0 Å². The summed E-state index contributed by atoms with van der Waals surface area (Å²) < 4.78 is 0. The van der Waals surface area contributed by atoms with Gasteiger partial charge in [-0.1, -0.05) is 112 Å². The van der Waals surface area contributed by atoms with Gasteiger partial charge in [-0.25, -0.2) is 0 Å². The maximum Gasteiger partial charge on any atom is 0.246 e. The van der Waals surface area contributed by atoms with E-state index in [2.05, 4.69) is 21.3 Å². The van der Waals surface area contributed by atoms with Crippen LogP contribution in [-0.2, 0) is 81.6 Å². The van der Waals surface area contributed by atoms with Crippen molar-refractivity contribution in [2.24, 2.45) is 17.8 Å². The monoisotopic (exact) mass is 1430 g/mol. The fourth-order valence-corrected chi connectivity index (χ4v) is 12.9. The Labute approximate surface area is 608 Å². The molecule has 0 spiro atoms. The van der Waals surface area contributed by atoms with Gasteiger partial charge in [-0.15, -0.1) is 0 Å². The number of likely N-dealkylation sites (N-methyl/N-ethyl adjacent to an activating group) is 5. The number of hydrogen-bond donors (Lipinski definition) is 5. The topological polar surface area (TPSA) is 319 Å². The first-order valence-electron chi connectivity index (χ1n) is 35.9. The van der Waals surface area contributed by atoms with Crippen LogP contribution in [0, 0.1) is 17.8 Å². The molecule has 566 valence electrons. The first-order chi connectivity index (χ1) is 48.5. The number of aliphatic hydroxyl groups is 1. The van der Waals surface area contributed by atoms with Crippen molar-refractivity contribution in [1.82, 2.24) is 65.4 Å². The Morgan fingerprint density at radius 2 is 1.11 bits per heavy atom. The molecule has 0 bridgehead atoms. The smallest absolute Gasteiger partial charge is 0.246 e. The van der Waals surface area contributed by atoms with E-state index >= 15 is 9.59 Å². The molecule has 2 saturated heterocycles. The van der Waals surface area contributed by atoms with Crippen molar-refractivity contribution >= 4 is 76.8 Å². The van der Waals surface area contributed by atoms with Gasteiger partial charge in [0.15, 0.2) is 0 Å². The van der Waals surface area contributed by atoms with E-state index in [-0.39, 0.29) is 70.0 Å². The van der Waals surface area contributed by atoms with Crippen molar-refractivity contribution in [3.63, 3.8) is 0 Å².